The van der Waals surface area contributed by atoms with Gasteiger partial charge in [0.1, 0.15) is 18.7 Å². The summed E-state index contributed by atoms with van der Waals surface area (Å²) >= 11 is 13.3. The number of carbonyl (C=O) groups is 1. The molecule has 31 heavy (non-hydrogen) atoms. The zero-order chi connectivity index (χ0) is 21.8. The van der Waals surface area contributed by atoms with Gasteiger partial charge in [0, 0.05) is 15.6 Å². The summed E-state index contributed by atoms with van der Waals surface area (Å²) in [7, 11) is 0. The third-order valence-corrected chi connectivity index (χ3v) is 6.09. The Kier molecular flexibility index (Phi) is 6.56. The molecule has 0 fully saturated rings. The molecular weight excluding hydrogens is 455 g/mol. The highest BCUT2D eigenvalue weighted by Gasteiger charge is 2.12. The number of amides is 1. The highest BCUT2D eigenvalue weighted by molar-refractivity contribution is 7.12. The summed E-state index contributed by atoms with van der Waals surface area (Å²) in [5.41, 5.74) is 2.89. The van der Waals surface area contributed by atoms with Crippen LogP contribution in [0.15, 0.2) is 60.2 Å². The number of hydrogen-bond donors (Lipinski definition) is 1. The molecule has 4 aromatic rings. The van der Waals surface area contributed by atoms with Crippen molar-refractivity contribution in [1.29, 1.82) is 0 Å². The lowest BCUT2D eigenvalue weighted by Crippen LogP contribution is -2.12. The Balaban J connectivity index is 1.33. The highest BCUT2D eigenvalue weighted by Crippen LogP contribution is 2.23. The Bertz CT molecular complexity index is 1200. The van der Waals surface area contributed by atoms with Crippen molar-refractivity contribution in [2.45, 2.75) is 20.1 Å². The second kappa shape index (κ2) is 9.51. The van der Waals surface area contributed by atoms with Crippen LogP contribution in [0.5, 0.6) is 5.75 Å². The summed E-state index contributed by atoms with van der Waals surface area (Å²) < 4.78 is 7.44. The van der Waals surface area contributed by atoms with Gasteiger partial charge in [0.2, 0.25) is 5.95 Å². The number of anilines is 1. The van der Waals surface area contributed by atoms with Crippen LogP contribution in [0.3, 0.4) is 0 Å². The largest absolute Gasteiger partial charge is 0.489 e. The van der Waals surface area contributed by atoms with Gasteiger partial charge in [-0.1, -0.05) is 35.3 Å². The molecule has 0 saturated heterocycles. The standard InChI is InChI=1S/C22H18Cl2N4O2S/c1-14-8-18(6-7-19(14)24)30-11-16-9-20(31-12-16)21(29)26-22-25-13-28(27-22)10-15-2-4-17(23)5-3-15/h2-9,12-13H,10-11H2,1H3,(H,26,27,29). The van der Waals surface area contributed by atoms with Crippen LogP contribution < -0.4 is 10.1 Å². The number of nitrogens with one attached hydrogen (secondary N) is 1. The monoisotopic (exact) mass is 472 g/mol. The molecule has 0 aliphatic rings. The van der Waals surface area contributed by atoms with Crippen molar-refractivity contribution in [3.63, 3.8) is 0 Å². The van der Waals surface area contributed by atoms with E-state index >= 15 is 0 Å². The molecule has 0 aliphatic heterocycles. The van der Waals surface area contributed by atoms with Crippen LogP contribution in [0.4, 0.5) is 5.95 Å². The molecule has 0 radical (unpaired) electrons. The van der Waals surface area contributed by atoms with E-state index in [1.807, 2.05) is 48.7 Å². The van der Waals surface area contributed by atoms with Gasteiger partial charge in [-0.2, -0.15) is 0 Å². The van der Waals surface area contributed by atoms with Gasteiger partial charge in [0.25, 0.3) is 5.91 Å². The molecule has 0 saturated carbocycles. The molecule has 0 bridgehead atoms. The number of halogens is 2. The molecule has 0 unspecified atom stereocenters. The van der Waals surface area contributed by atoms with E-state index in [2.05, 4.69) is 15.4 Å². The van der Waals surface area contributed by atoms with Gasteiger partial charge in [-0.05, 0) is 59.8 Å². The van der Waals surface area contributed by atoms with E-state index in [0.717, 1.165) is 22.4 Å². The van der Waals surface area contributed by atoms with Crippen molar-refractivity contribution in [2.24, 2.45) is 0 Å². The first-order valence-corrected chi connectivity index (χ1v) is 11.0. The van der Waals surface area contributed by atoms with Crippen LogP contribution in [0, 0.1) is 6.92 Å². The summed E-state index contributed by atoms with van der Waals surface area (Å²) in [5.74, 6) is 0.721. The van der Waals surface area contributed by atoms with Crippen LogP contribution in [0.1, 0.15) is 26.4 Å². The summed E-state index contributed by atoms with van der Waals surface area (Å²) in [6.45, 7) is 2.82. The third kappa shape index (κ3) is 5.64. The molecule has 2 heterocycles. The smallest absolute Gasteiger partial charge is 0.268 e. The number of rotatable bonds is 7. The van der Waals surface area contributed by atoms with Crippen LogP contribution in [-0.4, -0.2) is 20.7 Å². The lowest BCUT2D eigenvalue weighted by molar-refractivity contribution is 0.102. The van der Waals surface area contributed by atoms with Crippen molar-refractivity contribution >= 4 is 46.4 Å². The minimum Gasteiger partial charge on any atom is -0.489 e. The SMILES string of the molecule is Cc1cc(OCc2csc(C(=O)Nc3ncn(Cc4ccc(Cl)cc4)n3)c2)ccc1Cl. The number of ether oxygens (including phenoxy) is 1. The molecule has 9 heteroatoms. The van der Waals surface area contributed by atoms with Gasteiger partial charge in [-0.15, -0.1) is 16.4 Å². The van der Waals surface area contributed by atoms with Gasteiger partial charge in [-0.25, -0.2) is 9.67 Å². The first-order valence-electron chi connectivity index (χ1n) is 9.38. The van der Waals surface area contributed by atoms with E-state index in [4.69, 9.17) is 27.9 Å². The quantitative estimate of drug-likeness (QED) is 0.367. The van der Waals surface area contributed by atoms with E-state index in [-0.39, 0.29) is 11.9 Å². The minimum absolute atomic E-state index is 0.252. The molecule has 4 rings (SSSR count). The number of carbonyl (C=O) groups excluding carboxylic acids is 1. The lowest BCUT2D eigenvalue weighted by Gasteiger charge is -2.06. The summed E-state index contributed by atoms with van der Waals surface area (Å²) in [4.78, 5) is 17.2. The Morgan fingerprint density at radius 1 is 1.13 bits per heavy atom. The van der Waals surface area contributed by atoms with Gasteiger partial charge >= 0.3 is 0 Å². The van der Waals surface area contributed by atoms with Gasteiger partial charge in [0.05, 0.1) is 11.4 Å². The molecule has 1 amide bonds. The lowest BCUT2D eigenvalue weighted by atomic mass is 10.2. The third-order valence-electron chi connectivity index (χ3n) is 4.43. The predicted molar refractivity (Wildman–Crippen MR) is 123 cm³/mol. The van der Waals surface area contributed by atoms with Crippen molar-refractivity contribution < 1.29 is 9.53 Å². The predicted octanol–water partition coefficient (Wildman–Crippen LogP) is 5.83. The maximum atomic E-state index is 12.5. The maximum Gasteiger partial charge on any atom is 0.268 e. The number of hydrogen-bond acceptors (Lipinski definition) is 5. The Morgan fingerprint density at radius 3 is 2.71 bits per heavy atom. The van der Waals surface area contributed by atoms with E-state index in [9.17, 15) is 4.79 Å². The second-order valence-corrected chi connectivity index (χ2v) is 8.62. The number of aryl methyl sites for hydroxylation is 1. The molecule has 2 aromatic carbocycles. The first kappa shape index (κ1) is 21.4. The molecule has 6 nitrogen and oxygen atoms in total. The van der Waals surface area contributed by atoms with Crippen LogP contribution in [-0.2, 0) is 13.2 Å². The van der Waals surface area contributed by atoms with Gasteiger partial charge in [0.15, 0.2) is 0 Å². The molecule has 2 aromatic heterocycles. The number of thiophene rings is 1. The van der Waals surface area contributed by atoms with Crippen molar-refractivity contribution in [3.05, 3.63) is 91.9 Å². The average molecular weight is 473 g/mol. The molecule has 158 valence electrons. The summed E-state index contributed by atoms with van der Waals surface area (Å²) in [5, 5.41) is 10.3. The van der Waals surface area contributed by atoms with Crippen molar-refractivity contribution in [1.82, 2.24) is 14.8 Å². The average Bonchev–Trinajstić information content (AvgIpc) is 3.40. The molecular formula is C22H18Cl2N4O2S. The Morgan fingerprint density at radius 2 is 1.94 bits per heavy atom. The van der Waals surface area contributed by atoms with Crippen LogP contribution in [0.25, 0.3) is 0 Å². The summed E-state index contributed by atoms with van der Waals surface area (Å²) in [6, 6.07) is 14.8. The van der Waals surface area contributed by atoms with E-state index in [1.54, 1.807) is 23.1 Å². The van der Waals surface area contributed by atoms with E-state index in [0.29, 0.717) is 28.1 Å². The van der Waals surface area contributed by atoms with Crippen LogP contribution >= 0.6 is 34.5 Å². The van der Waals surface area contributed by atoms with Crippen molar-refractivity contribution in [2.75, 3.05) is 5.32 Å². The fraction of sp³-hybridized carbons (Fsp3) is 0.136. The van der Waals surface area contributed by atoms with Crippen molar-refractivity contribution in [3.8, 4) is 5.75 Å². The van der Waals surface area contributed by atoms with E-state index in [1.165, 1.54) is 11.3 Å². The fourth-order valence-corrected chi connectivity index (χ4v) is 3.85. The maximum absolute atomic E-state index is 12.5. The first-order chi connectivity index (χ1) is 15.0. The van der Waals surface area contributed by atoms with Crippen LogP contribution in [0.2, 0.25) is 10.0 Å². The minimum atomic E-state index is -0.261. The molecule has 1 N–H and O–H groups in total. The molecule has 0 spiro atoms. The van der Waals surface area contributed by atoms with Gasteiger partial charge in [-0.3, -0.25) is 10.1 Å². The summed E-state index contributed by atoms with van der Waals surface area (Å²) in [6.07, 6.45) is 1.58. The molecule has 0 aliphatic carbocycles. The zero-order valence-corrected chi connectivity index (χ0v) is 18.8. The van der Waals surface area contributed by atoms with E-state index < -0.39 is 0 Å². The topological polar surface area (TPSA) is 69.0 Å². The molecule has 0 atom stereocenters. The Hall–Kier alpha value is -2.87. The second-order valence-electron chi connectivity index (χ2n) is 6.87. The number of benzene rings is 2. The normalized spacial score (nSPS) is 10.8. The highest BCUT2D eigenvalue weighted by atomic mass is 35.5. The number of nitrogens with zero attached hydrogens (tertiary/aromatic N) is 3. The van der Waals surface area contributed by atoms with Gasteiger partial charge < -0.3 is 4.74 Å². The fourth-order valence-electron chi connectivity index (χ4n) is 2.81. The zero-order valence-electron chi connectivity index (χ0n) is 16.5. The Labute approximate surface area is 193 Å². The number of aromatic nitrogens is 3.